The van der Waals surface area contributed by atoms with E-state index < -0.39 is 0 Å². The molecule has 12 rings (SSSR count). The zero-order valence-corrected chi connectivity index (χ0v) is 52.5. The number of allylic oxidation sites excluding steroid dienone is 9. The molecule has 3 unspecified atom stereocenters. The summed E-state index contributed by atoms with van der Waals surface area (Å²) in [6.45, 7) is 55.3. The summed E-state index contributed by atoms with van der Waals surface area (Å²) >= 11 is 0. The Morgan fingerprint density at radius 1 is 0.610 bits per heavy atom. The van der Waals surface area contributed by atoms with Gasteiger partial charge in [0, 0.05) is 33.7 Å². The normalized spacial score (nSPS) is 28.5. The van der Waals surface area contributed by atoms with Crippen LogP contribution in [0.3, 0.4) is 0 Å². The molecule has 3 nitrogen and oxygen atoms in total. The van der Waals surface area contributed by atoms with Crippen LogP contribution in [0.25, 0.3) is 0 Å². The highest BCUT2D eigenvalue weighted by Gasteiger charge is 2.57. The number of furan rings is 1. The molecule has 2 aliphatic heterocycles. The Labute approximate surface area is 468 Å². The van der Waals surface area contributed by atoms with Gasteiger partial charge >= 0.3 is 0 Å². The third-order valence-electron chi connectivity index (χ3n) is 23.0. The van der Waals surface area contributed by atoms with Crippen molar-refractivity contribution in [3.63, 3.8) is 0 Å². The van der Waals surface area contributed by atoms with Crippen molar-refractivity contribution in [3.8, 4) is 0 Å². The van der Waals surface area contributed by atoms with E-state index in [-0.39, 0.29) is 61.5 Å². The van der Waals surface area contributed by atoms with Gasteiger partial charge in [0.15, 0.2) is 0 Å². The Morgan fingerprint density at radius 3 is 1.90 bits per heavy atom. The van der Waals surface area contributed by atoms with Crippen LogP contribution in [0, 0.1) is 33.5 Å². The number of hydrogen-bond acceptors (Lipinski definition) is 3. The second kappa shape index (κ2) is 16.5. The first-order chi connectivity index (χ1) is 35.5. The topological polar surface area (TPSA) is 19.6 Å². The van der Waals surface area contributed by atoms with Gasteiger partial charge in [-0.2, -0.15) is 0 Å². The average molecular weight is 1030 g/mol. The number of fused-ring (bicyclic) bond motifs is 7. The first-order valence-electron chi connectivity index (χ1n) is 30.9. The van der Waals surface area contributed by atoms with Gasteiger partial charge in [0.05, 0.1) is 17.4 Å². The molecule has 3 atom stereocenters. The molecular weight excluding hydrogens is 932 g/mol. The summed E-state index contributed by atoms with van der Waals surface area (Å²) in [5.74, 6) is 2.10. The zero-order valence-electron chi connectivity index (χ0n) is 52.5. The fourth-order valence-electron chi connectivity index (χ4n) is 17.6. The summed E-state index contributed by atoms with van der Waals surface area (Å²) < 4.78 is 8.04. The monoisotopic (exact) mass is 1030 g/mol. The van der Waals surface area contributed by atoms with Gasteiger partial charge in [-0.1, -0.05) is 179 Å². The maximum Gasteiger partial charge on any atom is 0.296 e. The van der Waals surface area contributed by atoms with Crippen LogP contribution in [-0.4, -0.2) is 12.8 Å². The van der Waals surface area contributed by atoms with Crippen molar-refractivity contribution in [2.24, 2.45) is 33.5 Å². The van der Waals surface area contributed by atoms with Crippen molar-refractivity contribution in [3.05, 3.63) is 127 Å². The molecule has 0 amide bonds. The predicted molar refractivity (Wildman–Crippen MR) is 331 cm³/mol. The number of nitrogens with zero attached hydrogens (tertiary/aromatic N) is 2. The number of benzene rings is 2. The van der Waals surface area contributed by atoms with E-state index in [4.69, 9.17) is 4.42 Å². The van der Waals surface area contributed by atoms with E-state index in [0.717, 1.165) is 32.1 Å². The van der Waals surface area contributed by atoms with Crippen molar-refractivity contribution in [2.75, 3.05) is 9.80 Å². The summed E-state index contributed by atoms with van der Waals surface area (Å²) in [5, 5.41) is 0. The molecule has 0 spiro atoms. The van der Waals surface area contributed by atoms with Gasteiger partial charge in [-0.3, -0.25) is 0 Å². The molecular formula is C73H99BN2O. The molecule has 77 heavy (non-hydrogen) atoms. The van der Waals surface area contributed by atoms with E-state index in [1.807, 2.05) is 0 Å². The summed E-state index contributed by atoms with van der Waals surface area (Å²) in [6.07, 6.45) is 20.9. The van der Waals surface area contributed by atoms with E-state index >= 15 is 0 Å². The van der Waals surface area contributed by atoms with Gasteiger partial charge in [-0.05, 0) is 214 Å². The molecule has 3 aromatic rings. The molecule has 0 bridgehead atoms. The van der Waals surface area contributed by atoms with Crippen LogP contribution in [0.5, 0.6) is 0 Å². The number of anilines is 4. The molecule has 1 fully saturated rings. The quantitative estimate of drug-likeness (QED) is 0.244. The Bertz CT molecular complexity index is 3270. The fourth-order valence-corrected chi connectivity index (χ4v) is 17.6. The van der Waals surface area contributed by atoms with Crippen LogP contribution >= 0.6 is 0 Å². The van der Waals surface area contributed by atoms with E-state index in [0.29, 0.717) is 11.8 Å². The van der Waals surface area contributed by atoms with Crippen LogP contribution in [0.15, 0.2) is 103 Å². The molecule has 0 N–H and O–H groups in total. The van der Waals surface area contributed by atoms with Crippen molar-refractivity contribution in [2.45, 2.75) is 256 Å². The van der Waals surface area contributed by atoms with Gasteiger partial charge in [0.1, 0.15) is 5.76 Å². The smallest absolute Gasteiger partial charge is 0.296 e. The van der Waals surface area contributed by atoms with Gasteiger partial charge in [0.25, 0.3) is 6.71 Å². The summed E-state index contributed by atoms with van der Waals surface area (Å²) in [7, 11) is 0. The maximum atomic E-state index is 8.04. The van der Waals surface area contributed by atoms with Crippen molar-refractivity contribution >= 4 is 40.6 Å². The average Bonchev–Trinajstić information content (AvgIpc) is 3.71. The zero-order chi connectivity index (χ0) is 55.7. The molecule has 410 valence electrons. The highest BCUT2D eigenvalue weighted by Crippen LogP contribution is 2.63. The third kappa shape index (κ3) is 7.88. The minimum atomic E-state index is -0.114. The molecule has 1 aromatic heterocycles. The van der Waals surface area contributed by atoms with E-state index in [2.05, 4.69) is 211 Å². The lowest BCUT2D eigenvalue weighted by Crippen LogP contribution is -2.59. The molecule has 3 heterocycles. The first-order valence-corrected chi connectivity index (χ1v) is 30.9. The fraction of sp³-hybridized carbons (Fsp3) is 0.616. The van der Waals surface area contributed by atoms with Crippen molar-refractivity contribution in [1.29, 1.82) is 0 Å². The minimum absolute atomic E-state index is 0.0398. The SMILES string of the molecule is CC1=CC(C)=C(C2=CC3=C(CC2N2C4=C(C=C5C(C4)C(C)(C)CCC5(C)C)B4c5oc6c(c5N(c5ccc7c(c5)C(C)(C)CCC7(C)C)c5cc(C(C)(C)C)cc2c54)C(C)(C)CCC6(C)C)C(C)(C)CCC3(C)C)C(C)C1. The van der Waals surface area contributed by atoms with Gasteiger partial charge in [-0.25, -0.2) is 0 Å². The van der Waals surface area contributed by atoms with Crippen molar-refractivity contribution in [1.82, 2.24) is 0 Å². The largest absolute Gasteiger partial charge is 0.472 e. The minimum Gasteiger partial charge on any atom is -0.472 e. The molecule has 9 aliphatic rings. The van der Waals surface area contributed by atoms with Crippen LogP contribution in [0.4, 0.5) is 22.7 Å². The van der Waals surface area contributed by atoms with Gasteiger partial charge in [0.2, 0.25) is 0 Å². The first kappa shape index (κ1) is 53.5. The molecule has 2 aromatic carbocycles. The highest BCUT2D eigenvalue weighted by molar-refractivity contribution is 6.95. The Morgan fingerprint density at radius 2 is 1.22 bits per heavy atom. The molecule has 4 heteroatoms. The van der Waals surface area contributed by atoms with Crippen LogP contribution in [-0.2, 0) is 27.1 Å². The van der Waals surface area contributed by atoms with Crippen LogP contribution in [0.2, 0.25) is 0 Å². The Kier molecular flexibility index (Phi) is 11.4. The highest BCUT2D eigenvalue weighted by atomic mass is 16.3. The lowest BCUT2D eigenvalue weighted by atomic mass is 9.33. The Balaban J connectivity index is 1.24. The van der Waals surface area contributed by atoms with E-state index in [9.17, 15) is 0 Å². The standard InChI is InChI=1S/C73H99BN2O/c1-42-33-43(2)59(44(3)34-42)47-38-50-52(70(15,16)29-27-68(50,11)12)40-55(47)76-56-41-53-51(69(13,14)28-30-71(53,17)18)39-54(56)74-61-57(35-45(36-58(61)76)65(4,5)6)75(46-23-24-48-49(37-46)67(9,10)26-25-66(48,7)8)62-60-63(77-64(62)74)73(21,22)32-31-72(60,19)20/h23-24,33,35-39,44,53,55H,25-32,34,40-41H2,1-22H3. The molecule has 0 radical (unpaired) electrons. The lowest BCUT2D eigenvalue weighted by Gasteiger charge is -2.56. The van der Waals surface area contributed by atoms with Gasteiger partial charge in [-0.15, -0.1) is 0 Å². The van der Waals surface area contributed by atoms with Gasteiger partial charge < -0.3 is 14.2 Å². The second-order valence-electron chi connectivity index (χ2n) is 33.4. The number of hydrogen-bond donors (Lipinski definition) is 0. The Hall–Kier alpha value is -4.18. The van der Waals surface area contributed by atoms with Crippen LogP contribution < -0.4 is 20.9 Å². The summed E-state index contributed by atoms with van der Waals surface area (Å²) in [5.41, 5.74) is 28.5. The van der Waals surface area contributed by atoms with E-state index in [1.165, 1.54) is 117 Å². The van der Waals surface area contributed by atoms with Crippen LogP contribution in [0.1, 0.15) is 251 Å². The predicted octanol–water partition coefficient (Wildman–Crippen LogP) is 19.2. The summed E-state index contributed by atoms with van der Waals surface area (Å²) in [4.78, 5) is 5.86. The van der Waals surface area contributed by atoms with Crippen molar-refractivity contribution < 1.29 is 4.42 Å². The number of rotatable bonds is 3. The lowest BCUT2D eigenvalue weighted by molar-refractivity contribution is 0.120. The second-order valence-corrected chi connectivity index (χ2v) is 33.4. The molecule has 0 saturated heterocycles. The molecule has 7 aliphatic carbocycles. The maximum absolute atomic E-state index is 8.04. The molecule has 1 saturated carbocycles. The summed E-state index contributed by atoms with van der Waals surface area (Å²) in [6, 6.07) is 13.2. The van der Waals surface area contributed by atoms with E-state index in [1.54, 1.807) is 33.6 Å². The third-order valence-corrected chi connectivity index (χ3v) is 23.0.